The lowest BCUT2D eigenvalue weighted by molar-refractivity contribution is -0.156. The highest BCUT2D eigenvalue weighted by molar-refractivity contribution is 5.85. The zero-order valence-electron chi connectivity index (χ0n) is 27.1. The number of carbonyl (C=O) groups is 2. The summed E-state index contributed by atoms with van der Waals surface area (Å²) in [6.07, 6.45) is 19.6. The highest BCUT2D eigenvalue weighted by atomic mass is 16.5. The van der Waals surface area contributed by atoms with Crippen molar-refractivity contribution in [3.8, 4) is 0 Å². The van der Waals surface area contributed by atoms with E-state index in [-0.39, 0.29) is 29.9 Å². The molecule has 1 amide bonds. The second-order valence-electron chi connectivity index (χ2n) is 14.8. The van der Waals surface area contributed by atoms with Crippen LogP contribution in [-0.2, 0) is 14.3 Å². The Bertz CT molecular complexity index is 939. The first-order chi connectivity index (χ1) is 20.1. The molecule has 0 radical (unpaired) electrons. The summed E-state index contributed by atoms with van der Waals surface area (Å²) in [5, 5.41) is 0. The number of nitrogens with zero attached hydrogens (tertiary/aromatic N) is 1. The molecule has 0 aromatic heterocycles. The van der Waals surface area contributed by atoms with Crippen molar-refractivity contribution in [1.29, 1.82) is 0 Å². The van der Waals surface area contributed by atoms with Gasteiger partial charge in [0.1, 0.15) is 12.6 Å². The number of allylic oxidation sites excluding steroid dienone is 1. The Balaban J connectivity index is 1.32. The molecule has 4 rings (SSSR count). The Hall–Kier alpha value is -1.44. The number of fused-ring (bicyclic) bond motifs is 5. The van der Waals surface area contributed by atoms with Gasteiger partial charge in [0.05, 0.1) is 6.04 Å². The van der Waals surface area contributed by atoms with Crippen LogP contribution in [0.2, 0.25) is 0 Å². The third-order valence-electron chi connectivity index (χ3n) is 12.4. The second kappa shape index (κ2) is 15.0. The minimum Gasteiger partial charge on any atom is -0.461 e. The minimum atomic E-state index is -0.623. The highest BCUT2D eigenvalue weighted by Crippen LogP contribution is 2.66. The van der Waals surface area contributed by atoms with E-state index in [2.05, 4.69) is 26.8 Å². The molecule has 4 aliphatic rings. The van der Waals surface area contributed by atoms with Gasteiger partial charge in [-0.2, -0.15) is 0 Å². The number of unbranched alkanes of at least 4 members (excludes halogenated alkanes) is 5. The maximum atomic E-state index is 13.2. The fourth-order valence-electron chi connectivity index (χ4n) is 9.49. The molecule has 7 heteroatoms. The summed E-state index contributed by atoms with van der Waals surface area (Å²) in [7, 11) is 0. The number of esters is 1. The summed E-state index contributed by atoms with van der Waals surface area (Å²) in [5.41, 5.74) is 19.7. The third kappa shape index (κ3) is 7.43. The van der Waals surface area contributed by atoms with E-state index < -0.39 is 6.04 Å². The third-order valence-corrected chi connectivity index (χ3v) is 12.4. The van der Waals surface area contributed by atoms with Crippen LogP contribution < -0.4 is 17.2 Å². The van der Waals surface area contributed by atoms with Gasteiger partial charge in [0.25, 0.3) is 0 Å². The molecule has 0 aromatic rings. The zero-order valence-corrected chi connectivity index (χ0v) is 27.1. The van der Waals surface area contributed by atoms with Gasteiger partial charge in [-0.05, 0) is 118 Å². The molecule has 0 aromatic carbocycles. The topological polar surface area (TPSA) is 125 Å². The van der Waals surface area contributed by atoms with E-state index in [0.29, 0.717) is 31.3 Å². The molecule has 0 unspecified atom stereocenters. The van der Waals surface area contributed by atoms with Crippen LogP contribution in [0.5, 0.6) is 0 Å². The molecule has 0 spiro atoms. The molecular formula is C35H62N4O3. The summed E-state index contributed by atoms with van der Waals surface area (Å²) < 4.78 is 6.09. The van der Waals surface area contributed by atoms with Gasteiger partial charge < -0.3 is 26.8 Å². The van der Waals surface area contributed by atoms with Crippen LogP contribution in [0.4, 0.5) is 0 Å². The van der Waals surface area contributed by atoms with Crippen LogP contribution >= 0.6 is 0 Å². The average Bonchev–Trinajstić information content (AvgIpc) is 3.28. The Kier molecular flexibility index (Phi) is 12.0. The van der Waals surface area contributed by atoms with Crippen LogP contribution in [0.25, 0.3) is 0 Å². The van der Waals surface area contributed by atoms with Gasteiger partial charge in [0.2, 0.25) is 5.91 Å². The van der Waals surface area contributed by atoms with Crippen molar-refractivity contribution in [2.45, 2.75) is 136 Å². The van der Waals surface area contributed by atoms with Gasteiger partial charge in [0, 0.05) is 13.0 Å². The van der Waals surface area contributed by atoms with E-state index in [4.69, 9.17) is 21.9 Å². The molecule has 0 heterocycles. The first-order valence-corrected chi connectivity index (χ1v) is 17.5. The second-order valence-corrected chi connectivity index (χ2v) is 14.8. The summed E-state index contributed by atoms with van der Waals surface area (Å²) in [4.78, 5) is 28.1. The fraction of sp³-hybridized carbons (Fsp3) is 0.886. The normalized spacial score (nSPS) is 34.5. The Morgan fingerprint density at radius 2 is 1.67 bits per heavy atom. The molecule has 3 fully saturated rings. The standard InChI is InChI=1S/C35H62N4O3/c1-25-12-15-29-28-14-13-26-23-27(16-18-35(26,3)30(28)17-19-34(25,29)2)42-32(40)24-39(33(41)31(38)11-10-21-37)22-9-7-5-4-6-8-20-36/h13,25,27-31H,4-12,14-24,36-38H2,1-3H3/t25-,27-,28-,29-,30-,31-,34+,35-/m0/s1. The van der Waals surface area contributed by atoms with E-state index in [9.17, 15) is 9.59 Å². The lowest BCUT2D eigenvalue weighted by Crippen LogP contribution is -2.50. The Labute approximate surface area is 256 Å². The molecule has 0 saturated heterocycles. The zero-order chi connectivity index (χ0) is 30.3. The summed E-state index contributed by atoms with van der Waals surface area (Å²) >= 11 is 0. The maximum absolute atomic E-state index is 13.2. The van der Waals surface area contributed by atoms with Crippen molar-refractivity contribution in [1.82, 2.24) is 4.90 Å². The maximum Gasteiger partial charge on any atom is 0.325 e. The SMILES string of the molecule is C[C@H]1CC[C@H]2[C@@H]3CC=C4C[C@@H](OC(=O)CN(CCCCCCCCN)C(=O)[C@@H](N)CCCN)CC[C@]4(C)[C@H]3CC[C@]12C. The van der Waals surface area contributed by atoms with Gasteiger partial charge in [-0.1, -0.05) is 58.1 Å². The molecule has 6 N–H and O–H groups in total. The van der Waals surface area contributed by atoms with Gasteiger partial charge in [-0.25, -0.2) is 0 Å². The van der Waals surface area contributed by atoms with Crippen LogP contribution in [0.1, 0.15) is 124 Å². The fourth-order valence-corrected chi connectivity index (χ4v) is 9.49. The van der Waals surface area contributed by atoms with E-state index in [1.54, 1.807) is 4.90 Å². The number of nitrogens with two attached hydrogens (primary N) is 3. The molecule has 3 saturated carbocycles. The molecule has 8 atom stereocenters. The lowest BCUT2D eigenvalue weighted by atomic mass is 9.47. The van der Waals surface area contributed by atoms with Gasteiger partial charge in [0.15, 0.2) is 0 Å². The summed E-state index contributed by atoms with van der Waals surface area (Å²) in [6.45, 7) is 9.33. The van der Waals surface area contributed by atoms with Crippen molar-refractivity contribution >= 4 is 11.9 Å². The number of rotatable bonds is 15. The van der Waals surface area contributed by atoms with Crippen molar-refractivity contribution in [3.05, 3.63) is 11.6 Å². The largest absolute Gasteiger partial charge is 0.461 e. The molecule has 0 bridgehead atoms. The minimum absolute atomic E-state index is 0.0156. The van der Waals surface area contributed by atoms with Crippen LogP contribution in [0.15, 0.2) is 11.6 Å². The van der Waals surface area contributed by atoms with Gasteiger partial charge >= 0.3 is 5.97 Å². The van der Waals surface area contributed by atoms with E-state index in [1.807, 2.05) is 0 Å². The first-order valence-electron chi connectivity index (χ1n) is 17.5. The monoisotopic (exact) mass is 586 g/mol. The first kappa shape index (κ1) is 33.5. The smallest absolute Gasteiger partial charge is 0.325 e. The summed E-state index contributed by atoms with van der Waals surface area (Å²) in [5.74, 6) is 2.82. The van der Waals surface area contributed by atoms with E-state index in [0.717, 1.165) is 88.0 Å². The number of ether oxygens (including phenoxy) is 1. The van der Waals surface area contributed by atoms with Crippen LogP contribution in [0.3, 0.4) is 0 Å². The van der Waals surface area contributed by atoms with E-state index >= 15 is 0 Å². The van der Waals surface area contributed by atoms with Gasteiger partial charge in [-0.15, -0.1) is 0 Å². The number of hydrogen-bond acceptors (Lipinski definition) is 6. The molecular weight excluding hydrogens is 524 g/mol. The lowest BCUT2D eigenvalue weighted by Gasteiger charge is -2.58. The number of carbonyl (C=O) groups excluding carboxylic acids is 2. The molecule has 4 aliphatic carbocycles. The molecule has 0 aliphatic heterocycles. The van der Waals surface area contributed by atoms with Gasteiger partial charge in [-0.3, -0.25) is 9.59 Å². The quantitative estimate of drug-likeness (QED) is 0.129. The van der Waals surface area contributed by atoms with Crippen molar-refractivity contribution < 1.29 is 14.3 Å². The highest BCUT2D eigenvalue weighted by Gasteiger charge is 2.57. The number of amides is 1. The summed E-state index contributed by atoms with van der Waals surface area (Å²) in [6, 6.07) is -0.623. The van der Waals surface area contributed by atoms with Crippen molar-refractivity contribution in [2.75, 3.05) is 26.2 Å². The number of hydrogen-bond donors (Lipinski definition) is 3. The average molecular weight is 587 g/mol. The Morgan fingerprint density at radius 3 is 2.40 bits per heavy atom. The molecule has 42 heavy (non-hydrogen) atoms. The van der Waals surface area contributed by atoms with Crippen molar-refractivity contribution in [2.24, 2.45) is 51.7 Å². The molecule has 7 nitrogen and oxygen atoms in total. The predicted octanol–water partition coefficient (Wildman–Crippen LogP) is 5.69. The predicted molar refractivity (Wildman–Crippen MR) is 170 cm³/mol. The molecule has 240 valence electrons. The Morgan fingerprint density at radius 1 is 0.952 bits per heavy atom. The van der Waals surface area contributed by atoms with E-state index in [1.165, 1.54) is 37.7 Å². The van der Waals surface area contributed by atoms with Crippen LogP contribution in [-0.4, -0.2) is 55.1 Å². The van der Waals surface area contributed by atoms with Crippen LogP contribution in [0, 0.1) is 34.5 Å². The van der Waals surface area contributed by atoms with Crippen molar-refractivity contribution in [3.63, 3.8) is 0 Å².